The minimum atomic E-state index is -4.36. The molecule has 0 aliphatic rings. The van der Waals surface area contributed by atoms with Crippen LogP contribution in [0.4, 0.5) is 18.9 Å². The maximum Gasteiger partial charge on any atom is 0.418 e. The van der Waals surface area contributed by atoms with Gasteiger partial charge < -0.3 is 5.32 Å². The van der Waals surface area contributed by atoms with Crippen LogP contribution >= 0.6 is 0 Å². The summed E-state index contributed by atoms with van der Waals surface area (Å²) < 4.78 is 38.6. The molecule has 0 amide bonds. The van der Waals surface area contributed by atoms with Gasteiger partial charge in [-0.3, -0.25) is 4.98 Å². The Morgan fingerprint density at radius 3 is 2.32 bits per heavy atom. The number of halogens is 3. The first-order valence-corrected chi connectivity index (χ1v) is 5.81. The lowest BCUT2D eigenvalue weighted by Crippen LogP contribution is -2.13. The number of nitrogens with one attached hydrogen (secondary N) is 1. The van der Waals surface area contributed by atoms with E-state index in [9.17, 15) is 13.2 Å². The van der Waals surface area contributed by atoms with E-state index in [4.69, 9.17) is 0 Å². The van der Waals surface area contributed by atoms with Gasteiger partial charge in [-0.1, -0.05) is 12.1 Å². The smallest absolute Gasteiger partial charge is 0.378 e. The third-order valence-corrected chi connectivity index (χ3v) is 2.81. The van der Waals surface area contributed by atoms with Gasteiger partial charge in [-0.15, -0.1) is 0 Å². The number of anilines is 1. The molecule has 2 aromatic rings. The summed E-state index contributed by atoms with van der Waals surface area (Å²) in [5.74, 6) is 0. The normalized spacial score (nSPS) is 13.1. The van der Waals surface area contributed by atoms with Crippen molar-refractivity contribution < 1.29 is 13.2 Å². The van der Waals surface area contributed by atoms with Crippen LogP contribution in [0.25, 0.3) is 0 Å². The zero-order valence-corrected chi connectivity index (χ0v) is 10.3. The van der Waals surface area contributed by atoms with Gasteiger partial charge >= 0.3 is 6.18 Å². The molecular weight excluding hydrogens is 253 g/mol. The van der Waals surface area contributed by atoms with Gasteiger partial charge in [0.15, 0.2) is 0 Å². The fourth-order valence-corrected chi connectivity index (χ4v) is 1.82. The molecule has 1 aromatic carbocycles. The molecule has 1 atom stereocenters. The minimum absolute atomic E-state index is 0.0827. The Bertz CT molecular complexity index is 538. The number of para-hydroxylation sites is 1. The van der Waals surface area contributed by atoms with Crippen LogP contribution in [0.2, 0.25) is 0 Å². The van der Waals surface area contributed by atoms with E-state index in [-0.39, 0.29) is 11.7 Å². The molecule has 19 heavy (non-hydrogen) atoms. The number of aromatic nitrogens is 1. The van der Waals surface area contributed by atoms with Crippen LogP contribution in [0.5, 0.6) is 0 Å². The van der Waals surface area contributed by atoms with Crippen molar-refractivity contribution in [3.05, 3.63) is 59.9 Å². The summed E-state index contributed by atoms with van der Waals surface area (Å²) in [5.41, 5.74) is 0.308. The van der Waals surface area contributed by atoms with Crippen molar-refractivity contribution in [2.75, 3.05) is 5.32 Å². The quantitative estimate of drug-likeness (QED) is 0.897. The lowest BCUT2D eigenvalue weighted by Gasteiger charge is -2.19. The number of hydrogen-bond donors (Lipinski definition) is 1. The Morgan fingerprint density at radius 1 is 1.05 bits per heavy atom. The lowest BCUT2D eigenvalue weighted by atomic mass is 10.1. The van der Waals surface area contributed by atoms with Crippen LogP contribution in [-0.4, -0.2) is 4.98 Å². The van der Waals surface area contributed by atoms with Gasteiger partial charge in [0.1, 0.15) is 0 Å². The second-order valence-corrected chi connectivity index (χ2v) is 4.19. The van der Waals surface area contributed by atoms with Crippen molar-refractivity contribution in [1.29, 1.82) is 0 Å². The Kier molecular flexibility index (Phi) is 3.74. The number of nitrogens with zero attached hydrogens (tertiary/aromatic N) is 1. The van der Waals surface area contributed by atoms with Crippen LogP contribution < -0.4 is 5.32 Å². The molecule has 1 N–H and O–H groups in total. The highest BCUT2D eigenvalue weighted by atomic mass is 19.4. The number of pyridine rings is 1. The highest BCUT2D eigenvalue weighted by Crippen LogP contribution is 2.35. The number of rotatable bonds is 3. The fourth-order valence-electron chi connectivity index (χ4n) is 1.82. The molecule has 0 aliphatic carbocycles. The van der Waals surface area contributed by atoms with Gasteiger partial charge in [0.2, 0.25) is 0 Å². The Balaban J connectivity index is 2.25. The fraction of sp³-hybridized carbons (Fsp3) is 0.214. The summed E-state index contributed by atoms with van der Waals surface area (Å²) >= 11 is 0. The monoisotopic (exact) mass is 266 g/mol. The molecular formula is C14H13F3N2. The van der Waals surface area contributed by atoms with Crippen molar-refractivity contribution >= 4 is 5.69 Å². The molecule has 100 valence electrons. The van der Waals surface area contributed by atoms with Crippen LogP contribution in [0.15, 0.2) is 48.8 Å². The van der Waals surface area contributed by atoms with E-state index in [1.54, 1.807) is 30.6 Å². The standard InChI is InChI=1S/C14H13F3N2/c1-10(11-6-8-18-9-7-11)19-13-5-3-2-4-12(13)14(15,16)17/h2-10,19H,1H3. The average molecular weight is 266 g/mol. The molecule has 2 rings (SSSR count). The van der Waals surface area contributed by atoms with E-state index < -0.39 is 11.7 Å². The van der Waals surface area contributed by atoms with Crippen LogP contribution in [0.1, 0.15) is 24.1 Å². The molecule has 2 nitrogen and oxygen atoms in total. The number of alkyl halides is 3. The van der Waals surface area contributed by atoms with Gasteiger partial charge in [0.05, 0.1) is 5.56 Å². The topological polar surface area (TPSA) is 24.9 Å². The molecule has 0 saturated carbocycles. The summed E-state index contributed by atoms with van der Waals surface area (Å²) in [7, 11) is 0. The molecule has 0 saturated heterocycles. The first-order chi connectivity index (χ1) is 8.98. The van der Waals surface area contributed by atoms with Crippen molar-refractivity contribution in [2.24, 2.45) is 0 Å². The van der Waals surface area contributed by atoms with Crippen LogP contribution in [0, 0.1) is 0 Å². The zero-order valence-electron chi connectivity index (χ0n) is 10.3. The molecule has 0 bridgehead atoms. The molecule has 0 aliphatic heterocycles. The van der Waals surface area contributed by atoms with Crippen LogP contribution in [-0.2, 0) is 6.18 Å². The van der Waals surface area contributed by atoms with Gasteiger partial charge in [0.25, 0.3) is 0 Å². The third-order valence-electron chi connectivity index (χ3n) is 2.81. The van der Waals surface area contributed by atoms with Crippen molar-refractivity contribution in [2.45, 2.75) is 19.1 Å². The van der Waals surface area contributed by atoms with E-state index >= 15 is 0 Å². The minimum Gasteiger partial charge on any atom is -0.378 e. The first-order valence-electron chi connectivity index (χ1n) is 5.81. The molecule has 0 radical (unpaired) electrons. The highest BCUT2D eigenvalue weighted by molar-refractivity contribution is 5.53. The summed E-state index contributed by atoms with van der Waals surface area (Å²) in [4.78, 5) is 3.88. The Morgan fingerprint density at radius 2 is 1.68 bits per heavy atom. The Labute approximate surface area is 109 Å². The average Bonchev–Trinajstić information content (AvgIpc) is 2.39. The predicted octanol–water partition coefficient (Wildman–Crippen LogP) is 4.27. The third kappa shape index (κ3) is 3.24. The van der Waals surface area contributed by atoms with Gasteiger partial charge in [-0.2, -0.15) is 13.2 Å². The number of hydrogen-bond acceptors (Lipinski definition) is 2. The van der Waals surface area contributed by atoms with Gasteiger partial charge in [-0.05, 0) is 36.8 Å². The maximum atomic E-state index is 12.9. The molecule has 0 spiro atoms. The van der Waals surface area contributed by atoms with Crippen molar-refractivity contribution in [3.63, 3.8) is 0 Å². The molecule has 1 heterocycles. The molecule has 5 heteroatoms. The van der Waals surface area contributed by atoms with E-state index in [0.29, 0.717) is 0 Å². The second-order valence-electron chi connectivity index (χ2n) is 4.19. The van der Waals surface area contributed by atoms with Gasteiger partial charge in [-0.25, -0.2) is 0 Å². The predicted molar refractivity (Wildman–Crippen MR) is 67.7 cm³/mol. The SMILES string of the molecule is CC(Nc1ccccc1C(F)(F)F)c1ccncc1. The zero-order chi connectivity index (χ0) is 13.9. The maximum absolute atomic E-state index is 12.9. The molecule has 1 aromatic heterocycles. The first kappa shape index (κ1) is 13.4. The second kappa shape index (κ2) is 5.30. The summed E-state index contributed by atoms with van der Waals surface area (Å²) in [6.45, 7) is 1.81. The van der Waals surface area contributed by atoms with Crippen molar-refractivity contribution in [3.8, 4) is 0 Å². The summed E-state index contributed by atoms with van der Waals surface area (Å²) in [5, 5.41) is 2.89. The van der Waals surface area contributed by atoms with Crippen LogP contribution in [0.3, 0.4) is 0 Å². The summed E-state index contributed by atoms with van der Waals surface area (Å²) in [6, 6.07) is 8.78. The Hall–Kier alpha value is -2.04. The largest absolute Gasteiger partial charge is 0.418 e. The highest BCUT2D eigenvalue weighted by Gasteiger charge is 2.33. The van der Waals surface area contributed by atoms with E-state index in [2.05, 4.69) is 10.3 Å². The van der Waals surface area contributed by atoms with E-state index in [1.165, 1.54) is 12.1 Å². The number of benzene rings is 1. The molecule has 1 unspecified atom stereocenters. The van der Waals surface area contributed by atoms with E-state index in [0.717, 1.165) is 11.6 Å². The van der Waals surface area contributed by atoms with E-state index in [1.807, 2.05) is 6.92 Å². The molecule has 0 fully saturated rings. The summed E-state index contributed by atoms with van der Waals surface area (Å²) in [6.07, 6.45) is -1.13. The van der Waals surface area contributed by atoms with Crippen molar-refractivity contribution in [1.82, 2.24) is 4.98 Å². The van der Waals surface area contributed by atoms with Gasteiger partial charge in [0, 0.05) is 24.1 Å². The lowest BCUT2D eigenvalue weighted by molar-refractivity contribution is -0.137.